The number of hydrogen-bond donors (Lipinski definition) is 1. The summed E-state index contributed by atoms with van der Waals surface area (Å²) in [7, 11) is -3.61. The minimum absolute atomic E-state index is 0.0719. The minimum Gasteiger partial charge on any atom is -0.353 e. The summed E-state index contributed by atoms with van der Waals surface area (Å²) in [6.07, 6.45) is 4.16. The fraction of sp³-hybridized carbons (Fsp3) is 0.632. The van der Waals surface area contributed by atoms with E-state index in [-0.39, 0.29) is 22.8 Å². The van der Waals surface area contributed by atoms with Crippen LogP contribution in [0.3, 0.4) is 0 Å². The molecule has 1 aliphatic heterocycles. The van der Waals surface area contributed by atoms with Crippen LogP contribution < -0.4 is 5.32 Å². The van der Waals surface area contributed by atoms with E-state index in [1.165, 1.54) is 4.31 Å². The highest BCUT2D eigenvalue weighted by atomic mass is 32.2. The molecule has 1 saturated carbocycles. The fourth-order valence-electron chi connectivity index (χ4n) is 3.63. The van der Waals surface area contributed by atoms with Gasteiger partial charge in [-0.05, 0) is 57.2 Å². The third-order valence-electron chi connectivity index (χ3n) is 5.84. The second kappa shape index (κ2) is 7.44. The predicted octanol–water partition coefficient (Wildman–Crippen LogP) is 2.08. The summed E-state index contributed by atoms with van der Waals surface area (Å²) in [6, 6.07) is 5.55. The highest BCUT2D eigenvalue weighted by Gasteiger charge is 2.34. The van der Waals surface area contributed by atoms with Gasteiger partial charge in [0, 0.05) is 25.0 Å². The van der Waals surface area contributed by atoms with Gasteiger partial charge in [-0.25, -0.2) is 13.1 Å². The van der Waals surface area contributed by atoms with Crippen molar-refractivity contribution in [3.63, 3.8) is 0 Å². The first-order valence-corrected chi connectivity index (χ1v) is 11.5. The van der Waals surface area contributed by atoms with Gasteiger partial charge >= 0.3 is 0 Å². The molecule has 1 aromatic carbocycles. The van der Waals surface area contributed by atoms with Gasteiger partial charge in [0.25, 0.3) is 0 Å². The molecule has 4 rings (SSSR count). The molecule has 1 N–H and O–H groups in total. The molecule has 1 aromatic heterocycles. The number of nitrogens with one attached hydrogen (secondary N) is 1. The third-order valence-corrected chi connectivity index (χ3v) is 7.73. The molecular formula is C19H27N5O3S. The maximum atomic E-state index is 13.1. The molecule has 1 atom stereocenters. The molecule has 0 bridgehead atoms. The summed E-state index contributed by atoms with van der Waals surface area (Å²) in [5.74, 6) is -0.0208. The smallest absolute Gasteiger partial charge is 0.243 e. The lowest BCUT2D eigenvalue weighted by atomic mass is 9.97. The number of carbonyl (C=O) groups is 1. The Morgan fingerprint density at radius 1 is 1.25 bits per heavy atom. The van der Waals surface area contributed by atoms with Crippen LogP contribution in [-0.2, 0) is 14.8 Å². The van der Waals surface area contributed by atoms with E-state index >= 15 is 0 Å². The van der Waals surface area contributed by atoms with Crippen LogP contribution in [0.5, 0.6) is 0 Å². The van der Waals surface area contributed by atoms with Crippen molar-refractivity contribution in [2.45, 2.75) is 62.9 Å². The first kappa shape index (κ1) is 19.3. The molecule has 8 nitrogen and oxygen atoms in total. The first-order chi connectivity index (χ1) is 13.4. The molecule has 2 fully saturated rings. The van der Waals surface area contributed by atoms with E-state index in [1.54, 1.807) is 18.2 Å². The SMILES string of the molecule is CC[C@@H](C)n1nnc2cc(S(=O)(=O)N3CCC(C(=O)NC4CC4)CC3)ccc21. The number of rotatable bonds is 6. The Labute approximate surface area is 165 Å². The maximum Gasteiger partial charge on any atom is 0.243 e. The summed E-state index contributed by atoms with van der Waals surface area (Å²) >= 11 is 0. The zero-order valence-corrected chi connectivity index (χ0v) is 17.2. The zero-order valence-electron chi connectivity index (χ0n) is 16.3. The number of hydrogen-bond acceptors (Lipinski definition) is 5. The van der Waals surface area contributed by atoms with Crippen LogP contribution in [0.4, 0.5) is 0 Å². The molecular weight excluding hydrogens is 378 g/mol. The van der Waals surface area contributed by atoms with Gasteiger partial charge in [0.2, 0.25) is 15.9 Å². The summed E-state index contributed by atoms with van der Waals surface area (Å²) in [5.41, 5.74) is 1.42. The second-order valence-electron chi connectivity index (χ2n) is 7.90. The van der Waals surface area contributed by atoms with Crippen molar-refractivity contribution < 1.29 is 13.2 Å². The number of aromatic nitrogens is 3. The van der Waals surface area contributed by atoms with E-state index < -0.39 is 10.0 Å². The van der Waals surface area contributed by atoms with Gasteiger partial charge < -0.3 is 5.32 Å². The Morgan fingerprint density at radius 3 is 2.61 bits per heavy atom. The van der Waals surface area contributed by atoms with E-state index in [9.17, 15) is 13.2 Å². The standard InChI is InChI=1S/C19H27N5O3S/c1-3-13(2)24-18-7-6-16(12-17(18)21-22-24)28(26,27)23-10-8-14(9-11-23)19(25)20-15-4-5-15/h6-7,12-15H,3-5,8-11H2,1-2H3,(H,20,25)/t13-/m1/s1. The van der Waals surface area contributed by atoms with E-state index in [1.807, 2.05) is 4.68 Å². The molecule has 0 spiro atoms. The topological polar surface area (TPSA) is 97.2 Å². The predicted molar refractivity (Wildman–Crippen MR) is 105 cm³/mol. The van der Waals surface area contributed by atoms with E-state index in [4.69, 9.17) is 0 Å². The average molecular weight is 406 g/mol. The lowest BCUT2D eigenvalue weighted by molar-refractivity contribution is -0.126. The zero-order chi connectivity index (χ0) is 19.9. The van der Waals surface area contributed by atoms with Gasteiger partial charge in [0.1, 0.15) is 5.52 Å². The van der Waals surface area contributed by atoms with E-state index in [2.05, 4.69) is 29.5 Å². The van der Waals surface area contributed by atoms with Gasteiger partial charge in [0.05, 0.1) is 16.5 Å². The first-order valence-electron chi connectivity index (χ1n) is 10.1. The van der Waals surface area contributed by atoms with Crippen molar-refractivity contribution in [2.75, 3.05) is 13.1 Å². The van der Waals surface area contributed by atoms with Crippen molar-refractivity contribution in [3.8, 4) is 0 Å². The van der Waals surface area contributed by atoms with Crippen molar-refractivity contribution in [3.05, 3.63) is 18.2 Å². The normalized spacial score (nSPS) is 20.4. The molecule has 0 radical (unpaired) electrons. The Kier molecular flexibility index (Phi) is 5.13. The summed E-state index contributed by atoms with van der Waals surface area (Å²) < 4.78 is 29.4. The number of fused-ring (bicyclic) bond motifs is 1. The summed E-state index contributed by atoms with van der Waals surface area (Å²) in [6.45, 7) is 4.86. The van der Waals surface area contributed by atoms with Crippen molar-refractivity contribution in [2.24, 2.45) is 5.92 Å². The second-order valence-corrected chi connectivity index (χ2v) is 9.84. The molecule has 9 heteroatoms. The van der Waals surface area contributed by atoms with Crippen molar-refractivity contribution in [1.29, 1.82) is 0 Å². The molecule has 2 aliphatic rings. The Morgan fingerprint density at radius 2 is 1.96 bits per heavy atom. The number of carbonyl (C=O) groups excluding carboxylic acids is 1. The number of piperidine rings is 1. The Balaban J connectivity index is 1.48. The van der Waals surface area contributed by atoms with Gasteiger partial charge in [-0.1, -0.05) is 12.1 Å². The fourth-order valence-corrected chi connectivity index (χ4v) is 5.12. The molecule has 152 valence electrons. The lowest BCUT2D eigenvalue weighted by Gasteiger charge is -2.30. The monoisotopic (exact) mass is 405 g/mol. The summed E-state index contributed by atoms with van der Waals surface area (Å²) in [5, 5.41) is 11.3. The number of sulfonamides is 1. The van der Waals surface area contributed by atoms with Crippen LogP contribution in [0.25, 0.3) is 11.0 Å². The van der Waals surface area contributed by atoms with E-state index in [0.29, 0.717) is 37.5 Å². The van der Waals surface area contributed by atoms with Crippen LogP contribution >= 0.6 is 0 Å². The van der Waals surface area contributed by atoms with Crippen molar-refractivity contribution in [1.82, 2.24) is 24.6 Å². The molecule has 2 aromatic rings. The summed E-state index contributed by atoms with van der Waals surface area (Å²) in [4.78, 5) is 12.4. The van der Waals surface area contributed by atoms with Crippen LogP contribution in [0.15, 0.2) is 23.1 Å². The van der Waals surface area contributed by atoms with Crippen molar-refractivity contribution >= 4 is 27.0 Å². The third kappa shape index (κ3) is 3.65. The van der Waals surface area contributed by atoms with Crippen LogP contribution in [0.1, 0.15) is 52.0 Å². The molecule has 0 unspecified atom stereocenters. The van der Waals surface area contributed by atoms with Gasteiger partial charge in [-0.15, -0.1) is 5.10 Å². The molecule has 1 saturated heterocycles. The minimum atomic E-state index is -3.61. The Bertz CT molecular complexity index is 975. The highest BCUT2D eigenvalue weighted by Crippen LogP contribution is 2.27. The molecule has 28 heavy (non-hydrogen) atoms. The Hall–Kier alpha value is -2.00. The maximum absolute atomic E-state index is 13.1. The molecule has 2 heterocycles. The van der Waals surface area contributed by atoms with Crippen LogP contribution in [-0.4, -0.2) is 52.8 Å². The highest BCUT2D eigenvalue weighted by molar-refractivity contribution is 7.89. The van der Waals surface area contributed by atoms with Gasteiger partial charge in [-0.3, -0.25) is 4.79 Å². The van der Waals surface area contributed by atoms with Gasteiger partial charge in [-0.2, -0.15) is 4.31 Å². The molecule has 1 amide bonds. The van der Waals surface area contributed by atoms with E-state index in [0.717, 1.165) is 24.8 Å². The number of amides is 1. The largest absolute Gasteiger partial charge is 0.353 e. The van der Waals surface area contributed by atoms with Crippen LogP contribution in [0.2, 0.25) is 0 Å². The number of nitrogens with zero attached hydrogens (tertiary/aromatic N) is 4. The quantitative estimate of drug-likeness (QED) is 0.794. The molecule has 1 aliphatic carbocycles. The average Bonchev–Trinajstić information content (AvgIpc) is 3.42. The lowest BCUT2D eigenvalue weighted by Crippen LogP contribution is -2.43. The van der Waals surface area contributed by atoms with Crippen LogP contribution in [0, 0.1) is 5.92 Å². The van der Waals surface area contributed by atoms with Gasteiger partial charge in [0.15, 0.2) is 0 Å². The number of benzene rings is 1.